The van der Waals surface area contributed by atoms with Crippen molar-refractivity contribution in [2.45, 2.75) is 95.5 Å². The number of carbonyl (C=O) groups excluding carboxylic acids is 3. The van der Waals surface area contributed by atoms with Crippen molar-refractivity contribution in [1.29, 1.82) is 0 Å². The lowest BCUT2D eigenvalue weighted by Gasteiger charge is -2.35. The maximum atomic E-state index is 13.8. The number of terminal acetylenes is 1. The Morgan fingerprint density at radius 1 is 1.11 bits per heavy atom. The van der Waals surface area contributed by atoms with Crippen molar-refractivity contribution in [2.75, 3.05) is 5.75 Å². The van der Waals surface area contributed by atoms with Crippen LogP contribution in [0.2, 0.25) is 0 Å². The van der Waals surface area contributed by atoms with Gasteiger partial charge in [0.05, 0.1) is 0 Å². The Kier molecular flexibility index (Phi) is 9.12. The minimum absolute atomic E-state index is 0.0777. The first-order chi connectivity index (χ1) is 16.6. The molecule has 7 nitrogen and oxygen atoms in total. The van der Waals surface area contributed by atoms with Crippen LogP contribution in [0.15, 0.2) is 24.3 Å². The van der Waals surface area contributed by atoms with E-state index in [2.05, 4.69) is 29.2 Å². The largest absolute Gasteiger partial charge is 0.444 e. The Balaban J connectivity index is 1.89. The number of carbonyl (C=O) groups is 3. The SMILES string of the molecule is C#Cc1ccc(C(C(=O)NC2CCCCC2)N(C(=O)C(CS)NC(=O)OC(C)(C)C)C2CC2)cc1. The van der Waals surface area contributed by atoms with Gasteiger partial charge >= 0.3 is 6.09 Å². The van der Waals surface area contributed by atoms with Gasteiger partial charge in [-0.05, 0) is 64.2 Å². The number of hydrogen-bond acceptors (Lipinski definition) is 5. The Bertz CT molecular complexity index is 941. The fourth-order valence-electron chi connectivity index (χ4n) is 4.41. The van der Waals surface area contributed by atoms with Crippen molar-refractivity contribution in [3.05, 3.63) is 35.4 Å². The average molecular weight is 500 g/mol. The zero-order valence-corrected chi connectivity index (χ0v) is 21.8. The topological polar surface area (TPSA) is 87.7 Å². The van der Waals surface area contributed by atoms with Gasteiger partial charge in [-0.25, -0.2) is 4.79 Å². The molecule has 3 amide bonds. The summed E-state index contributed by atoms with van der Waals surface area (Å²) in [5, 5.41) is 5.83. The quantitative estimate of drug-likeness (QED) is 0.373. The van der Waals surface area contributed by atoms with Gasteiger partial charge in [-0.15, -0.1) is 6.42 Å². The van der Waals surface area contributed by atoms with E-state index in [1.54, 1.807) is 49.9 Å². The van der Waals surface area contributed by atoms with Gasteiger partial charge in [0.1, 0.15) is 17.7 Å². The van der Waals surface area contributed by atoms with Crippen LogP contribution in [0.1, 0.15) is 82.9 Å². The van der Waals surface area contributed by atoms with Crippen LogP contribution in [0.5, 0.6) is 0 Å². The van der Waals surface area contributed by atoms with Crippen LogP contribution in [0.4, 0.5) is 4.79 Å². The molecule has 3 rings (SSSR count). The minimum Gasteiger partial charge on any atom is -0.444 e. The van der Waals surface area contributed by atoms with Gasteiger partial charge in [0.25, 0.3) is 0 Å². The fourth-order valence-corrected chi connectivity index (χ4v) is 4.66. The molecule has 1 aromatic rings. The molecule has 0 aromatic heterocycles. The van der Waals surface area contributed by atoms with Gasteiger partial charge in [-0.2, -0.15) is 12.6 Å². The Morgan fingerprint density at radius 2 is 1.74 bits per heavy atom. The first-order valence-electron chi connectivity index (χ1n) is 12.4. The third-order valence-corrected chi connectivity index (χ3v) is 6.60. The summed E-state index contributed by atoms with van der Waals surface area (Å²) in [6.45, 7) is 5.27. The van der Waals surface area contributed by atoms with E-state index >= 15 is 0 Å². The van der Waals surface area contributed by atoms with E-state index in [1.165, 1.54) is 6.42 Å². The highest BCUT2D eigenvalue weighted by molar-refractivity contribution is 7.80. The smallest absolute Gasteiger partial charge is 0.408 e. The number of ether oxygens (including phenoxy) is 1. The van der Waals surface area contributed by atoms with E-state index in [9.17, 15) is 14.4 Å². The second kappa shape index (κ2) is 11.9. The Hall–Kier alpha value is -2.66. The highest BCUT2D eigenvalue weighted by atomic mass is 32.1. The van der Waals surface area contributed by atoms with Crippen LogP contribution in [0, 0.1) is 12.3 Å². The van der Waals surface area contributed by atoms with Crippen molar-refractivity contribution < 1.29 is 19.1 Å². The van der Waals surface area contributed by atoms with E-state index in [4.69, 9.17) is 11.2 Å². The van der Waals surface area contributed by atoms with Gasteiger partial charge < -0.3 is 20.3 Å². The van der Waals surface area contributed by atoms with Crippen LogP contribution in [0.25, 0.3) is 0 Å². The number of thiol groups is 1. The standard InChI is InChI=1S/C27H37N3O4S/c1-5-18-11-13-19(14-12-18)23(24(31)28-20-9-7-6-8-10-20)30(21-15-16-21)25(32)22(17-35)29-26(33)34-27(2,3)4/h1,11-14,20-23,35H,6-10,15-17H2,2-4H3,(H,28,31)(H,29,33). The zero-order chi connectivity index (χ0) is 25.6. The van der Waals surface area contributed by atoms with Crippen molar-refractivity contribution >= 4 is 30.5 Å². The van der Waals surface area contributed by atoms with Crippen LogP contribution >= 0.6 is 12.6 Å². The van der Waals surface area contributed by atoms with Gasteiger partial charge in [-0.1, -0.05) is 37.3 Å². The summed E-state index contributed by atoms with van der Waals surface area (Å²) < 4.78 is 5.34. The van der Waals surface area contributed by atoms with E-state index < -0.39 is 23.8 Å². The second-order valence-electron chi connectivity index (χ2n) is 10.4. The van der Waals surface area contributed by atoms with Crippen molar-refractivity contribution in [3.8, 4) is 12.3 Å². The summed E-state index contributed by atoms with van der Waals surface area (Å²) in [5.74, 6) is 2.11. The maximum Gasteiger partial charge on any atom is 0.408 e. The van der Waals surface area contributed by atoms with E-state index in [0.29, 0.717) is 11.1 Å². The molecule has 0 aliphatic heterocycles. The van der Waals surface area contributed by atoms with Crippen LogP contribution in [-0.2, 0) is 14.3 Å². The summed E-state index contributed by atoms with van der Waals surface area (Å²) in [5.41, 5.74) is 0.683. The number of alkyl carbamates (subject to hydrolysis) is 1. The maximum absolute atomic E-state index is 13.8. The molecule has 0 spiro atoms. The molecule has 0 bridgehead atoms. The molecule has 2 N–H and O–H groups in total. The lowest BCUT2D eigenvalue weighted by atomic mass is 9.94. The number of nitrogens with one attached hydrogen (secondary N) is 2. The average Bonchev–Trinajstić information content (AvgIpc) is 3.65. The molecule has 0 saturated heterocycles. The normalized spacial score (nSPS) is 18.0. The van der Waals surface area contributed by atoms with E-state index in [0.717, 1.165) is 38.5 Å². The fraction of sp³-hybridized carbons (Fsp3) is 0.593. The molecule has 35 heavy (non-hydrogen) atoms. The molecule has 2 fully saturated rings. The van der Waals surface area contributed by atoms with Gasteiger partial charge in [0, 0.05) is 23.4 Å². The molecule has 8 heteroatoms. The van der Waals surface area contributed by atoms with Gasteiger partial charge in [0.2, 0.25) is 11.8 Å². The Labute approximate surface area is 214 Å². The highest BCUT2D eigenvalue weighted by Crippen LogP contribution is 2.36. The molecular formula is C27H37N3O4S. The molecule has 2 unspecified atom stereocenters. The van der Waals surface area contributed by atoms with Gasteiger partial charge in [0.15, 0.2) is 0 Å². The van der Waals surface area contributed by atoms with Crippen LogP contribution < -0.4 is 10.6 Å². The molecular weight excluding hydrogens is 462 g/mol. The van der Waals surface area contributed by atoms with E-state index in [-0.39, 0.29) is 29.7 Å². The number of hydrogen-bond donors (Lipinski definition) is 3. The number of benzene rings is 1. The van der Waals surface area contributed by atoms with Crippen molar-refractivity contribution in [3.63, 3.8) is 0 Å². The summed E-state index contributed by atoms with van der Waals surface area (Å²) >= 11 is 4.32. The zero-order valence-electron chi connectivity index (χ0n) is 20.9. The number of rotatable bonds is 8. The Morgan fingerprint density at radius 3 is 2.26 bits per heavy atom. The first kappa shape index (κ1) is 26.9. The first-order valence-corrected chi connectivity index (χ1v) is 13.1. The highest BCUT2D eigenvalue weighted by Gasteiger charge is 2.44. The lowest BCUT2D eigenvalue weighted by Crippen LogP contribution is -2.55. The monoisotopic (exact) mass is 499 g/mol. The van der Waals surface area contributed by atoms with Crippen LogP contribution in [0.3, 0.4) is 0 Å². The van der Waals surface area contributed by atoms with Gasteiger partial charge in [-0.3, -0.25) is 9.59 Å². The third-order valence-electron chi connectivity index (χ3n) is 6.24. The number of amides is 3. The predicted octanol–water partition coefficient (Wildman–Crippen LogP) is 3.97. The molecule has 2 aliphatic carbocycles. The summed E-state index contributed by atoms with van der Waals surface area (Å²) in [7, 11) is 0. The molecule has 1 aromatic carbocycles. The number of nitrogens with zero attached hydrogens (tertiary/aromatic N) is 1. The molecule has 0 heterocycles. The van der Waals surface area contributed by atoms with Crippen molar-refractivity contribution in [2.24, 2.45) is 0 Å². The third kappa shape index (κ3) is 7.66. The molecule has 2 atom stereocenters. The predicted molar refractivity (Wildman–Crippen MR) is 139 cm³/mol. The summed E-state index contributed by atoms with van der Waals surface area (Å²) in [6.07, 6.45) is 11.6. The van der Waals surface area contributed by atoms with Crippen molar-refractivity contribution in [1.82, 2.24) is 15.5 Å². The minimum atomic E-state index is -0.927. The second-order valence-corrected chi connectivity index (χ2v) is 10.7. The molecule has 0 radical (unpaired) electrons. The molecule has 2 aliphatic rings. The summed E-state index contributed by atoms with van der Waals surface area (Å²) in [4.78, 5) is 41.5. The van der Waals surface area contributed by atoms with Crippen LogP contribution in [-0.4, -0.2) is 52.3 Å². The summed E-state index contributed by atoms with van der Waals surface area (Å²) in [6, 6.07) is 5.43. The van der Waals surface area contributed by atoms with E-state index in [1.807, 2.05) is 0 Å². The lowest BCUT2D eigenvalue weighted by molar-refractivity contribution is -0.143. The molecule has 2 saturated carbocycles. The molecule has 190 valence electrons.